The normalized spacial score (nSPS) is 13.0. The summed E-state index contributed by atoms with van der Waals surface area (Å²) in [6.45, 7) is 1.08. The monoisotopic (exact) mass is 589 g/mol. The zero-order valence-electron chi connectivity index (χ0n) is 22.8. The van der Waals surface area contributed by atoms with Gasteiger partial charge in [0.2, 0.25) is 0 Å². The van der Waals surface area contributed by atoms with E-state index < -0.39 is 36.6 Å². The van der Waals surface area contributed by atoms with Crippen LogP contribution in [0.15, 0.2) is 60.7 Å². The number of fused-ring (bicyclic) bond motifs is 1. The lowest BCUT2D eigenvalue weighted by molar-refractivity contribution is -0.387. The fraction of sp³-hybridized carbons (Fsp3) is 0.448. The topological polar surface area (TPSA) is 49.4 Å². The highest BCUT2D eigenvalue weighted by atomic mass is 19.4. The molecule has 6 nitrogen and oxygen atoms in total. The molecule has 0 amide bonds. The van der Waals surface area contributed by atoms with E-state index in [2.05, 4.69) is 0 Å². The lowest BCUT2D eigenvalue weighted by atomic mass is 10.0. The minimum atomic E-state index is -5.69. The van der Waals surface area contributed by atoms with Crippen LogP contribution in [0.25, 0.3) is 10.8 Å². The molecule has 3 rings (SSSR count). The van der Waals surface area contributed by atoms with Gasteiger partial charge in [-0.25, -0.2) is 0 Å². The summed E-state index contributed by atoms with van der Waals surface area (Å²) >= 11 is 0. The molecule has 0 N–H and O–H groups in total. The van der Waals surface area contributed by atoms with Crippen LogP contribution in [0.4, 0.5) is 26.3 Å². The van der Waals surface area contributed by atoms with E-state index in [0.717, 1.165) is 0 Å². The first-order valence-corrected chi connectivity index (χ1v) is 13.0. The lowest BCUT2D eigenvalue weighted by Crippen LogP contribution is -2.50. The molecule has 0 spiro atoms. The molecule has 3 aromatic rings. The van der Waals surface area contributed by atoms with E-state index >= 15 is 0 Å². The van der Waals surface area contributed by atoms with E-state index in [4.69, 9.17) is 23.7 Å². The average molecular weight is 590 g/mol. The second-order valence-electron chi connectivity index (χ2n) is 9.03. The summed E-state index contributed by atoms with van der Waals surface area (Å²) in [5.41, 5.74) is -0.211. The Morgan fingerprint density at radius 1 is 0.634 bits per heavy atom. The third-order valence-corrected chi connectivity index (χ3v) is 6.10. The van der Waals surface area contributed by atoms with Crippen molar-refractivity contribution in [2.45, 2.75) is 37.9 Å². The highest BCUT2D eigenvalue weighted by Crippen LogP contribution is 2.43. The maximum absolute atomic E-state index is 13.8. The predicted molar refractivity (Wildman–Crippen MR) is 141 cm³/mol. The van der Waals surface area contributed by atoms with Crippen molar-refractivity contribution in [2.75, 3.05) is 47.3 Å². The summed E-state index contributed by atoms with van der Waals surface area (Å²) in [6, 6.07) is 13.4. The molecule has 0 radical (unpaired) electrons. The lowest BCUT2D eigenvalue weighted by Gasteiger charge is -2.34. The predicted octanol–water partition coefficient (Wildman–Crippen LogP) is 7.52. The maximum atomic E-state index is 13.8. The highest BCUT2D eigenvalue weighted by Gasteiger charge is 2.57. The second kappa shape index (κ2) is 15.1. The molecule has 12 heteroatoms. The Balaban J connectivity index is 1.84. The van der Waals surface area contributed by atoms with Gasteiger partial charge in [-0.15, -0.1) is 4.90 Å². The quantitative estimate of drug-likeness (QED) is 0.0979. The van der Waals surface area contributed by atoms with Gasteiger partial charge in [0.05, 0.1) is 25.9 Å². The number of hydrogen-bond donors (Lipinski definition) is 0. The number of nitrogens with zero attached hydrogens (tertiary/aromatic N) is 1. The number of ether oxygens (including phenoxy) is 5. The Labute approximate surface area is 234 Å². The third kappa shape index (κ3) is 9.40. The van der Waals surface area contributed by atoms with Crippen molar-refractivity contribution in [3.63, 3.8) is 0 Å². The molecule has 3 aromatic carbocycles. The number of hydrogen-bond acceptors (Lipinski definition) is 6. The van der Waals surface area contributed by atoms with Crippen LogP contribution >= 0.6 is 0 Å². The minimum Gasteiger partial charge on any atom is -0.493 e. The molecule has 0 unspecified atom stereocenters. The summed E-state index contributed by atoms with van der Waals surface area (Å²) in [5.74, 6) is 1.04. The summed E-state index contributed by atoms with van der Waals surface area (Å²) < 4.78 is 110. The molecule has 1 atom stereocenters. The first-order valence-electron chi connectivity index (χ1n) is 13.0. The molecule has 226 valence electrons. The number of rotatable bonds is 16. The Bertz CT molecular complexity index is 1210. The Kier molecular flexibility index (Phi) is 11.9. The largest absolute Gasteiger partial charge is 0.493 e. The molecule has 0 heterocycles. The molecule has 0 saturated heterocycles. The second-order valence-corrected chi connectivity index (χ2v) is 9.03. The van der Waals surface area contributed by atoms with Crippen LogP contribution in [0.2, 0.25) is 0 Å². The van der Waals surface area contributed by atoms with Crippen LogP contribution in [0.1, 0.15) is 30.9 Å². The Morgan fingerprint density at radius 2 is 1.15 bits per heavy atom. The maximum Gasteiger partial charge on any atom is 0.467 e. The van der Waals surface area contributed by atoms with Crippen molar-refractivity contribution < 1.29 is 50.0 Å². The van der Waals surface area contributed by atoms with Gasteiger partial charge >= 0.3 is 12.6 Å². The Morgan fingerprint density at radius 3 is 1.68 bits per heavy atom. The third-order valence-electron chi connectivity index (χ3n) is 6.10. The van der Waals surface area contributed by atoms with Gasteiger partial charge < -0.3 is 23.7 Å². The molecule has 0 aliphatic carbocycles. The van der Waals surface area contributed by atoms with Crippen molar-refractivity contribution in [1.82, 2.24) is 4.90 Å². The Hall–Kier alpha value is -3.22. The molecule has 0 aromatic heterocycles. The summed E-state index contributed by atoms with van der Waals surface area (Å²) in [4.78, 5) is -1.40. The number of halogens is 6. The van der Waals surface area contributed by atoms with E-state index in [0.29, 0.717) is 54.9 Å². The van der Waals surface area contributed by atoms with E-state index in [-0.39, 0.29) is 17.9 Å². The van der Waals surface area contributed by atoms with E-state index in [1.54, 1.807) is 43.5 Å². The average Bonchev–Trinajstić information content (AvgIpc) is 2.92. The first kappa shape index (κ1) is 32.3. The fourth-order valence-corrected chi connectivity index (χ4v) is 4.32. The molecule has 0 aliphatic heterocycles. The van der Waals surface area contributed by atoms with Gasteiger partial charge in [-0.3, -0.25) is 0 Å². The summed E-state index contributed by atoms with van der Waals surface area (Å²) in [5, 5.41) is 1.31. The number of methoxy groups -OCH3 is 2. The van der Waals surface area contributed by atoms with Crippen molar-refractivity contribution in [2.24, 2.45) is 0 Å². The smallest absolute Gasteiger partial charge is 0.467 e. The van der Waals surface area contributed by atoms with Crippen molar-refractivity contribution >= 4 is 10.8 Å². The fourth-order valence-electron chi connectivity index (χ4n) is 4.32. The van der Waals surface area contributed by atoms with E-state index in [9.17, 15) is 26.3 Å². The number of alkyl halides is 6. The van der Waals surface area contributed by atoms with Crippen LogP contribution in [-0.2, 0) is 9.47 Å². The SMILES string of the molecule is COCCCOc1cccc([C@H](CCOc2cccc3c(OCCCOC)cccc23)N(C(F)(F)F)C(F)(F)F)c1. The first-order chi connectivity index (χ1) is 19.6. The van der Waals surface area contributed by atoms with Gasteiger partial charge in [0, 0.05) is 57.5 Å². The molecule has 0 bridgehead atoms. The zero-order valence-corrected chi connectivity index (χ0v) is 22.8. The summed E-state index contributed by atoms with van der Waals surface area (Å²) in [7, 11) is 3.09. The number of benzene rings is 3. The van der Waals surface area contributed by atoms with Crippen LogP contribution in [0, 0.1) is 0 Å². The zero-order chi connectivity index (χ0) is 29.9. The van der Waals surface area contributed by atoms with E-state index in [1.165, 1.54) is 31.4 Å². The molecule has 41 heavy (non-hydrogen) atoms. The van der Waals surface area contributed by atoms with Gasteiger partial charge in [-0.05, 0) is 29.8 Å². The van der Waals surface area contributed by atoms with E-state index in [1.807, 2.05) is 0 Å². The minimum absolute atomic E-state index is 0.154. The molecule has 0 aliphatic rings. The van der Waals surface area contributed by atoms with Gasteiger partial charge in [0.25, 0.3) is 0 Å². The summed E-state index contributed by atoms with van der Waals surface area (Å²) in [6.07, 6.45) is -10.8. The molecule has 0 fully saturated rings. The van der Waals surface area contributed by atoms with Crippen LogP contribution in [0.3, 0.4) is 0 Å². The van der Waals surface area contributed by atoms with Gasteiger partial charge in [0.1, 0.15) is 17.2 Å². The van der Waals surface area contributed by atoms with Gasteiger partial charge in [0.15, 0.2) is 0 Å². The highest BCUT2D eigenvalue weighted by molar-refractivity contribution is 5.93. The van der Waals surface area contributed by atoms with Crippen molar-refractivity contribution in [3.05, 3.63) is 66.2 Å². The van der Waals surface area contributed by atoms with Gasteiger partial charge in [-0.2, -0.15) is 26.3 Å². The molecule has 0 saturated carbocycles. The standard InChI is InChI=1S/C29H33F6NO5/c1-37-15-6-17-39-22-9-3-8-21(20-22)25(36(28(30,31)32)29(33,34)35)14-19-41-27-13-5-10-23-24(27)11-4-12-26(23)40-18-7-16-38-2/h3-5,8-13,20,25H,6-7,14-19H2,1-2H3/t25-/m0/s1. The van der Waals surface area contributed by atoms with Crippen molar-refractivity contribution in [3.8, 4) is 17.2 Å². The van der Waals surface area contributed by atoms with Crippen molar-refractivity contribution in [1.29, 1.82) is 0 Å². The van der Waals surface area contributed by atoms with Crippen LogP contribution in [-0.4, -0.2) is 64.8 Å². The molecular formula is C29H33F6NO5. The van der Waals surface area contributed by atoms with Crippen LogP contribution in [0.5, 0.6) is 17.2 Å². The van der Waals surface area contributed by atoms with Crippen LogP contribution < -0.4 is 14.2 Å². The van der Waals surface area contributed by atoms with Gasteiger partial charge in [-0.1, -0.05) is 36.4 Å². The molecular weight excluding hydrogens is 556 g/mol.